The van der Waals surface area contributed by atoms with Gasteiger partial charge in [-0.25, -0.2) is 8.78 Å². The first-order chi connectivity index (χ1) is 7.70. The number of rotatable bonds is 3. The first-order valence-corrected chi connectivity index (χ1v) is 4.99. The molecule has 1 nitrogen and oxygen atoms in total. The summed E-state index contributed by atoms with van der Waals surface area (Å²) in [5, 5.41) is -0.181. The van der Waals surface area contributed by atoms with Gasteiger partial charge >= 0.3 is 6.18 Å². The van der Waals surface area contributed by atoms with Crippen LogP contribution in [-0.4, -0.2) is 6.43 Å². The van der Waals surface area contributed by atoms with Crippen LogP contribution < -0.4 is 5.73 Å². The summed E-state index contributed by atoms with van der Waals surface area (Å²) in [6, 6.07) is 1.44. The van der Waals surface area contributed by atoms with E-state index >= 15 is 0 Å². The third-order valence-electron chi connectivity index (χ3n) is 2.11. The van der Waals surface area contributed by atoms with Gasteiger partial charge in [-0.05, 0) is 23.8 Å². The van der Waals surface area contributed by atoms with Crippen molar-refractivity contribution in [2.45, 2.75) is 25.1 Å². The van der Waals surface area contributed by atoms with E-state index in [1.807, 2.05) is 0 Å². The molecule has 0 radical (unpaired) electrons. The summed E-state index contributed by atoms with van der Waals surface area (Å²) >= 11 is 5.49. The van der Waals surface area contributed by atoms with Gasteiger partial charge < -0.3 is 5.73 Å². The Morgan fingerprint density at radius 1 is 1.18 bits per heavy atom. The fraction of sp³-hybridized carbons (Fsp3) is 0.400. The van der Waals surface area contributed by atoms with Crippen molar-refractivity contribution >= 4 is 11.6 Å². The van der Waals surface area contributed by atoms with Crippen molar-refractivity contribution < 1.29 is 22.0 Å². The van der Waals surface area contributed by atoms with Crippen molar-refractivity contribution in [3.05, 3.63) is 34.3 Å². The molecule has 0 spiro atoms. The monoisotopic (exact) mass is 273 g/mol. The highest BCUT2D eigenvalue weighted by Gasteiger charge is 2.31. The minimum absolute atomic E-state index is 0.0508. The van der Waals surface area contributed by atoms with Crippen molar-refractivity contribution in [2.24, 2.45) is 5.73 Å². The Labute approximate surface area is 99.4 Å². The molecule has 0 aliphatic carbocycles. The average Bonchev–Trinajstić information content (AvgIpc) is 2.14. The van der Waals surface area contributed by atoms with E-state index in [2.05, 4.69) is 0 Å². The van der Waals surface area contributed by atoms with Crippen molar-refractivity contribution in [2.75, 3.05) is 0 Å². The fourth-order valence-electron chi connectivity index (χ4n) is 1.32. The van der Waals surface area contributed by atoms with E-state index in [1.54, 1.807) is 0 Å². The maximum absolute atomic E-state index is 12.4. The van der Waals surface area contributed by atoms with Gasteiger partial charge in [-0.15, -0.1) is 0 Å². The average molecular weight is 274 g/mol. The van der Waals surface area contributed by atoms with E-state index in [0.717, 1.165) is 18.2 Å². The van der Waals surface area contributed by atoms with Gasteiger partial charge in [0.15, 0.2) is 0 Å². The molecule has 1 rings (SSSR count). The quantitative estimate of drug-likeness (QED) is 0.827. The SMILES string of the molecule is N[C@@H](CC(F)F)c1cc(Cl)cc(C(F)(F)F)c1. The van der Waals surface area contributed by atoms with Crippen molar-refractivity contribution in [1.29, 1.82) is 0 Å². The lowest BCUT2D eigenvalue weighted by Gasteiger charge is -2.14. The Kier molecular flexibility index (Phi) is 4.32. The zero-order valence-electron chi connectivity index (χ0n) is 8.44. The summed E-state index contributed by atoms with van der Waals surface area (Å²) in [4.78, 5) is 0. The van der Waals surface area contributed by atoms with Gasteiger partial charge in [-0.3, -0.25) is 0 Å². The van der Waals surface area contributed by atoms with Gasteiger partial charge in [-0.2, -0.15) is 13.2 Å². The van der Waals surface area contributed by atoms with Crippen LogP contribution in [0.1, 0.15) is 23.6 Å². The zero-order chi connectivity index (χ0) is 13.2. The summed E-state index contributed by atoms with van der Waals surface area (Å²) in [6.45, 7) is 0. The molecule has 7 heteroatoms. The molecule has 0 saturated carbocycles. The molecule has 0 fully saturated rings. The van der Waals surface area contributed by atoms with Crippen LogP contribution in [0, 0.1) is 0 Å². The highest BCUT2D eigenvalue weighted by molar-refractivity contribution is 6.30. The number of alkyl halides is 5. The van der Waals surface area contributed by atoms with E-state index < -0.39 is 30.6 Å². The van der Waals surface area contributed by atoms with Crippen molar-refractivity contribution in [1.82, 2.24) is 0 Å². The zero-order valence-corrected chi connectivity index (χ0v) is 9.19. The van der Waals surface area contributed by atoms with E-state index in [4.69, 9.17) is 17.3 Å². The fourth-order valence-corrected chi connectivity index (χ4v) is 1.56. The number of hydrogen-bond donors (Lipinski definition) is 1. The van der Waals surface area contributed by atoms with Crippen LogP contribution in [0.2, 0.25) is 5.02 Å². The molecule has 1 atom stereocenters. The molecule has 17 heavy (non-hydrogen) atoms. The second-order valence-corrected chi connectivity index (χ2v) is 3.94. The molecule has 0 heterocycles. The summed E-state index contributed by atoms with van der Waals surface area (Å²) in [6.07, 6.45) is -7.97. The number of benzene rings is 1. The molecule has 0 aliphatic heterocycles. The first kappa shape index (κ1) is 14.2. The minimum atomic E-state index is -4.58. The number of hydrogen-bond acceptors (Lipinski definition) is 1. The predicted octanol–water partition coefficient (Wildman–Crippen LogP) is 4.01. The normalized spacial score (nSPS) is 14.1. The third kappa shape index (κ3) is 4.12. The van der Waals surface area contributed by atoms with Crippen LogP contribution in [0.3, 0.4) is 0 Å². The molecule has 1 aromatic carbocycles. The van der Waals surface area contributed by atoms with Crippen LogP contribution in [0.4, 0.5) is 22.0 Å². The molecule has 0 unspecified atom stereocenters. The highest BCUT2D eigenvalue weighted by Crippen LogP contribution is 2.33. The van der Waals surface area contributed by atoms with Gasteiger partial charge in [-0.1, -0.05) is 11.6 Å². The molecule has 0 amide bonds. The summed E-state index contributed by atoms with van der Waals surface area (Å²) in [7, 11) is 0. The number of halogens is 6. The largest absolute Gasteiger partial charge is 0.416 e. The Balaban J connectivity index is 3.05. The topological polar surface area (TPSA) is 26.0 Å². The molecular formula is C10H9ClF5N. The number of nitrogens with two attached hydrogens (primary N) is 1. The van der Waals surface area contributed by atoms with Gasteiger partial charge in [0.1, 0.15) is 0 Å². The minimum Gasteiger partial charge on any atom is -0.324 e. The Morgan fingerprint density at radius 3 is 2.24 bits per heavy atom. The van der Waals surface area contributed by atoms with Gasteiger partial charge in [0.25, 0.3) is 0 Å². The predicted molar refractivity (Wildman–Crippen MR) is 54.0 cm³/mol. The van der Waals surface area contributed by atoms with Gasteiger partial charge in [0.2, 0.25) is 6.43 Å². The van der Waals surface area contributed by atoms with Crippen molar-refractivity contribution in [3.63, 3.8) is 0 Å². The standard InChI is InChI=1S/C10H9ClF5N/c11-7-2-5(8(17)4-9(12)13)1-6(3-7)10(14,15)16/h1-3,8-9H,4,17H2/t8-/m0/s1. The summed E-state index contributed by atoms with van der Waals surface area (Å²) in [5.41, 5.74) is 4.32. The maximum atomic E-state index is 12.4. The Bertz CT molecular complexity index is 391. The van der Waals surface area contributed by atoms with Crippen molar-refractivity contribution in [3.8, 4) is 0 Å². The lowest BCUT2D eigenvalue weighted by Crippen LogP contribution is -2.15. The molecule has 1 aromatic rings. The second-order valence-electron chi connectivity index (χ2n) is 3.50. The van der Waals surface area contributed by atoms with Crippen LogP contribution in [0.25, 0.3) is 0 Å². The lowest BCUT2D eigenvalue weighted by molar-refractivity contribution is -0.137. The highest BCUT2D eigenvalue weighted by atomic mass is 35.5. The van der Waals surface area contributed by atoms with Crippen LogP contribution in [0.15, 0.2) is 18.2 Å². The molecule has 0 aliphatic rings. The molecule has 0 bridgehead atoms. The lowest BCUT2D eigenvalue weighted by atomic mass is 10.0. The summed E-state index contributed by atoms with van der Waals surface area (Å²) in [5.74, 6) is 0. The summed E-state index contributed by atoms with van der Waals surface area (Å²) < 4.78 is 61.4. The van der Waals surface area contributed by atoms with E-state index in [0.29, 0.717) is 0 Å². The van der Waals surface area contributed by atoms with E-state index in [-0.39, 0.29) is 10.6 Å². The molecule has 96 valence electrons. The first-order valence-electron chi connectivity index (χ1n) is 4.61. The molecule has 0 saturated heterocycles. The van der Waals surface area contributed by atoms with Gasteiger partial charge in [0, 0.05) is 17.5 Å². The van der Waals surface area contributed by atoms with Gasteiger partial charge in [0.05, 0.1) is 5.56 Å². The molecule has 2 N–H and O–H groups in total. The molecular weight excluding hydrogens is 265 g/mol. The molecule has 0 aromatic heterocycles. The second kappa shape index (κ2) is 5.18. The Hall–Kier alpha value is -0.880. The maximum Gasteiger partial charge on any atom is 0.416 e. The van der Waals surface area contributed by atoms with Crippen LogP contribution >= 0.6 is 11.6 Å². The van der Waals surface area contributed by atoms with Crippen LogP contribution in [0.5, 0.6) is 0 Å². The Morgan fingerprint density at radius 2 is 1.76 bits per heavy atom. The third-order valence-corrected chi connectivity index (χ3v) is 2.33. The van der Waals surface area contributed by atoms with E-state index in [9.17, 15) is 22.0 Å². The van der Waals surface area contributed by atoms with Crippen LogP contribution in [-0.2, 0) is 6.18 Å². The van der Waals surface area contributed by atoms with E-state index in [1.165, 1.54) is 0 Å². The smallest absolute Gasteiger partial charge is 0.324 e.